The summed E-state index contributed by atoms with van der Waals surface area (Å²) in [5.74, 6) is 0.0739. The summed E-state index contributed by atoms with van der Waals surface area (Å²) in [6, 6.07) is 16.3. The Morgan fingerprint density at radius 1 is 1.04 bits per heavy atom. The zero-order chi connectivity index (χ0) is 18.2. The maximum Gasteiger partial charge on any atom is 0.312 e. The number of nitrogens with one attached hydrogen (secondary N) is 2. The summed E-state index contributed by atoms with van der Waals surface area (Å²) in [5, 5.41) is 5.55. The molecule has 0 aliphatic rings. The Morgan fingerprint density at radius 3 is 2.28 bits per heavy atom. The van der Waals surface area contributed by atoms with Crippen LogP contribution in [0.15, 0.2) is 59.1 Å². The van der Waals surface area contributed by atoms with E-state index in [-0.39, 0.29) is 18.2 Å². The fraction of sp³-hybridized carbons (Fsp3) is 0.263. The summed E-state index contributed by atoms with van der Waals surface area (Å²) >= 11 is 3.37. The molecule has 132 valence electrons. The normalized spacial score (nSPS) is 12.9. The number of rotatable bonds is 7. The second-order valence-corrected chi connectivity index (χ2v) is 6.85. The number of carbonyl (C=O) groups is 2. The van der Waals surface area contributed by atoms with Crippen LogP contribution in [0.5, 0.6) is 0 Å². The van der Waals surface area contributed by atoms with Crippen LogP contribution in [0.25, 0.3) is 0 Å². The molecule has 0 aromatic heterocycles. The molecule has 0 saturated carbocycles. The van der Waals surface area contributed by atoms with Crippen molar-refractivity contribution in [1.82, 2.24) is 10.6 Å². The van der Waals surface area contributed by atoms with E-state index < -0.39 is 12.1 Å². The van der Waals surface area contributed by atoms with E-state index in [0.717, 1.165) is 10.0 Å². The molecule has 3 amide bonds. The summed E-state index contributed by atoms with van der Waals surface area (Å²) in [5.41, 5.74) is 7.24. The molecule has 0 spiro atoms. The number of nitrogens with two attached hydrogens (primary N) is 1. The van der Waals surface area contributed by atoms with Gasteiger partial charge in [-0.25, -0.2) is 4.79 Å². The second-order valence-electron chi connectivity index (χ2n) is 5.93. The average molecular weight is 404 g/mol. The molecule has 0 saturated heterocycles. The predicted octanol–water partition coefficient (Wildman–Crippen LogP) is 3.47. The lowest BCUT2D eigenvalue weighted by molar-refractivity contribution is -0.121. The minimum absolute atomic E-state index is 0.131. The highest BCUT2D eigenvalue weighted by molar-refractivity contribution is 9.10. The van der Waals surface area contributed by atoms with Crippen LogP contribution in [-0.4, -0.2) is 18.5 Å². The molecule has 0 unspecified atom stereocenters. The fourth-order valence-corrected chi connectivity index (χ4v) is 2.81. The Bertz CT molecular complexity index is 704. The molecule has 0 aliphatic carbocycles. The molecule has 4 N–H and O–H groups in total. The molecule has 0 bridgehead atoms. The van der Waals surface area contributed by atoms with Gasteiger partial charge < -0.3 is 16.4 Å². The maximum absolute atomic E-state index is 12.3. The number of urea groups is 1. The third-order valence-corrected chi connectivity index (χ3v) is 4.48. The number of benzene rings is 2. The van der Waals surface area contributed by atoms with Crippen LogP contribution in [0.1, 0.15) is 36.4 Å². The zero-order valence-electron chi connectivity index (χ0n) is 14.0. The lowest BCUT2D eigenvalue weighted by Crippen LogP contribution is -2.37. The van der Waals surface area contributed by atoms with Crippen molar-refractivity contribution in [2.75, 3.05) is 6.54 Å². The summed E-state index contributed by atoms with van der Waals surface area (Å²) in [6.07, 6.45) is 0.131. The van der Waals surface area contributed by atoms with Crippen molar-refractivity contribution in [3.63, 3.8) is 0 Å². The Balaban J connectivity index is 1.94. The van der Waals surface area contributed by atoms with E-state index in [2.05, 4.69) is 33.5 Å². The van der Waals surface area contributed by atoms with Gasteiger partial charge >= 0.3 is 6.03 Å². The second kappa shape index (κ2) is 9.22. The Morgan fingerprint density at radius 2 is 1.68 bits per heavy atom. The third kappa shape index (κ3) is 6.23. The van der Waals surface area contributed by atoms with Gasteiger partial charge in [0.2, 0.25) is 5.91 Å². The Kier molecular flexibility index (Phi) is 7.01. The molecule has 0 heterocycles. The van der Waals surface area contributed by atoms with Gasteiger partial charge in [-0.3, -0.25) is 4.79 Å². The van der Waals surface area contributed by atoms with Crippen molar-refractivity contribution in [3.05, 3.63) is 70.2 Å². The minimum atomic E-state index is -0.654. The van der Waals surface area contributed by atoms with Gasteiger partial charge in [0.05, 0.1) is 12.5 Å². The molecule has 0 aliphatic heterocycles. The van der Waals surface area contributed by atoms with Crippen molar-refractivity contribution < 1.29 is 9.59 Å². The number of hydrogen-bond acceptors (Lipinski definition) is 2. The van der Waals surface area contributed by atoms with Crippen LogP contribution in [0.2, 0.25) is 0 Å². The van der Waals surface area contributed by atoms with E-state index in [1.165, 1.54) is 5.56 Å². The van der Waals surface area contributed by atoms with Crippen molar-refractivity contribution >= 4 is 27.9 Å². The largest absolute Gasteiger partial charge is 0.355 e. The smallest absolute Gasteiger partial charge is 0.312 e. The van der Waals surface area contributed by atoms with Gasteiger partial charge in [-0.05, 0) is 29.2 Å². The minimum Gasteiger partial charge on any atom is -0.355 e. The summed E-state index contributed by atoms with van der Waals surface area (Å²) in [4.78, 5) is 23.6. The highest BCUT2D eigenvalue weighted by Gasteiger charge is 2.18. The molecule has 0 radical (unpaired) electrons. The molecular formula is C19H22BrN3O2. The van der Waals surface area contributed by atoms with E-state index in [9.17, 15) is 9.59 Å². The first-order valence-electron chi connectivity index (χ1n) is 8.08. The first kappa shape index (κ1) is 19.0. The number of primary amides is 1. The molecule has 2 aromatic carbocycles. The lowest BCUT2D eigenvalue weighted by atomic mass is 10.0. The molecule has 25 heavy (non-hydrogen) atoms. The van der Waals surface area contributed by atoms with Gasteiger partial charge in [0.25, 0.3) is 0 Å². The van der Waals surface area contributed by atoms with Crippen LogP contribution in [0.4, 0.5) is 4.79 Å². The molecule has 5 nitrogen and oxygen atoms in total. The van der Waals surface area contributed by atoms with Crippen molar-refractivity contribution in [3.8, 4) is 0 Å². The van der Waals surface area contributed by atoms with E-state index >= 15 is 0 Å². The Hall–Kier alpha value is -2.34. The van der Waals surface area contributed by atoms with Gasteiger partial charge in [-0.2, -0.15) is 0 Å². The van der Waals surface area contributed by atoms with Gasteiger partial charge in [0, 0.05) is 11.0 Å². The number of hydrogen-bond donors (Lipinski definition) is 3. The van der Waals surface area contributed by atoms with Crippen molar-refractivity contribution in [2.24, 2.45) is 5.73 Å². The van der Waals surface area contributed by atoms with Crippen LogP contribution >= 0.6 is 15.9 Å². The Labute approximate surface area is 156 Å². The summed E-state index contributed by atoms with van der Waals surface area (Å²) < 4.78 is 0.926. The predicted molar refractivity (Wildman–Crippen MR) is 102 cm³/mol. The van der Waals surface area contributed by atoms with Crippen LogP contribution in [-0.2, 0) is 4.79 Å². The highest BCUT2D eigenvalue weighted by atomic mass is 79.9. The van der Waals surface area contributed by atoms with Crippen molar-refractivity contribution in [2.45, 2.75) is 25.3 Å². The number of amides is 3. The first-order valence-corrected chi connectivity index (χ1v) is 8.88. The topological polar surface area (TPSA) is 84.2 Å². The maximum atomic E-state index is 12.3. The fourth-order valence-electron chi connectivity index (χ4n) is 2.54. The van der Waals surface area contributed by atoms with Crippen LogP contribution in [0, 0.1) is 0 Å². The van der Waals surface area contributed by atoms with Gasteiger partial charge in [-0.1, -0.05) is 65.3 Å². The summed E-state index contributed by atoms with van der Waals surface area (Å²) in [7, 11) is 0. The molecule has 2 aromatic rings. The monoisotopic (exact) mass is 403 g/mol. The van der Waals surface area contributed by atoms with E-state index in [4.69, 9.17) is 5.73 Å². The van der Waals surface area contributed by atoms with Gasteiger partial charge in [0.1, 0.15) is 0 Å². The first-order chi connectivity index (χ1) is 12.0. The number of halogens is 1. The highest BCUT2D eigenvalue weighted by Crippen LogP contribution is 2.20. The molecular weight excluding hydrogens is 382 g/mol. The average Bonchev–Trinajstić information content (AvgIpc) is 2.60. The van der Waals surface area contributed by atoms with Gasteiger partial charge in [0.15, 0.2) is 0 Å². The lowest BCUT2D eigenvalue weighted by Gasteiger charge is -2.19. The SMILES string of the molecule is C[C@@H](CNC(=O)C[C@H](NC(N)=O)c1ccc(Br)cc1)c1ccccc1. The molecule has 6 heteroatoms. The molecule has 2 atom stereocenters. The standard InChI is InChI=1S/C19H22BrN3O2/c1-13(14-5-3-2-4-6-14)12-22-18(24)11-17(23-19(21)25)15-7-9-16(20)10-8-15/h2-10,13,17H,11-12H2,1H3,(H,22,24)(H3,21,23,25)/t13-,17-/m0/s1. The van der Waals surface area contributed by atoms with E-state index in [1.807, 2.05) is 54.6 Å². The van der Waals surface area contributed by atoms with E-state index in [0.29, 0.717) is 6.54 Å². The van der Waals surface area contributed by atoms with Crippen LogP contribution < -0.4 is 16.4 Å². The molecule has 0 fully saturated rings. The zero-order valence-corrected chi connectivity index (χ0v) is 15.6. The van der Waals surface area contributed by atoms with Crippen LogP contribution in [0.3, 0.4) is 0 Å². The van der Waals surface area contributed by atoms with E-state index in [1.54, 1.807) is 0 Å². The number of carbonyl (C=O) groups excluding carboxylic acids is 2. The van der Waals surface area contributed by atoms with Crippen molar-refractivity contribution in [1.29, 1.82) is 0 Å². The quantitative estimate of drug-likeness (QED) is 0.660. The third-order valence-electron chi connectivity index (χ3n) is 3.95. The summed E-state index contributed by atoms with van der Waals surface area (Å²) in [6.45, 7) is 2.59. The molecule has 2 rings (SSSR count). The van der Waals surface area contributed by atoms with Gasteiger partial charge in [-0.15, -0.1) is 0 Å².